The van der Waals surface area contributed by atoms with Crippen LogP contribution in [0.3, 0.4) is 0 Å². The van der Waals surface area contributed by atoms with Gasteiger partial charge in [-0.1, -0.05) is 40.2 Å². The van der Waals surface area contributed by atoms with E-state index in [-0.39, 0.29) is 18.1 Å². The van der Waals surface area contributed by atoms with Crippen molar-refractivity contribution in [2.24, 2.45) is 0 Å². The summed E-state index contributed by atoms with van der Waals surface area (Å²) in [5, 5.41) is 11.8. The van der Waals surface area contributed by atoms with E-state index in [0.29, 0.717) is 12.2 Å². The molecule has 3 rings (SSSR count). The third-order valence-corrected chi connectivity index (χ3v) is 5.03. The first-order valence-electron chi connectivity index (χ1n) is 8.27. The van der Waals surface area contributed by atoms with Crippen molar-refractivity contribution in [3.8, 4) is 11.8 Å². The number of ether oxygens (including phenoxy) is 1. The molecule has 25 heavy (non-hydrogen) atoms. The summed E-state index contributed by atoms with van der Waals surface area (Å²) in [6.07, 6.45) is 3.36. The van der Waals surface area contributed by atoms with E-state index in [1.165, 1.54) is 0 Å². The summed E-state index contributed by atoms with van der Waals surface area (Å²) >= 11 is 3.49. The van der Waals surface area contributed by atoms with Crippen LogP contribution in [-0.4, -0.2) is 12.5 Å². The van der Waals surface area contributed by atoms with Gasteiger partial charge in [0.1, 0.15) is 5.75 Å². The van der Waals surface area contributed by atoms with Gasteiger partial charge in [-0.2, -0.15) is 5.26 Å². The minimum Gasteiger partial charge on any atom is -0.484 e. The van der Waals surface area contributed by atoms with Crippen LogP contribution < -0.4 is 10.1 Å². The van der Waals surface area contributed by atoms with E-state index in [4.69, 9.17) is 10.00 Å². The molecule has 0 bridgehead atoms. The smallest absolute Gasteiger partial charge is 0.258 e. The Morgan fingerprint density at radius 3 is 2.60 bits per heavy atom. The first-order valence-corrected chi connectivity index (χ1v) is 9.06. The van der Waals surface area contributed by atoms with Gasteiger partial charge in [0.25, 0.3) is 5.91 Å². The molecule has 0 radical (unpaired) electrons. The van der Waals surface area contributed by atoms with Crippen LogP contribution in [0.5, 0.6) is 5.75 Å². The molecule has 0 saturated heterocycles. The van der Waals surface area contributed by atoms with Gasteiger partial charge in [0, 0.05) is 4.47 Å². The van der Waals surface area contributed by atoms with Gasteiger partial charge in [0.05, 0.1) is 18.0 Å². The molecule has 4 nitrogen and oxygen atoms in total. The lowest BCUT2D eigenvalue weighted by Crippen LogP contribution is -2.52. The predicted octanol–water partition coefficient (Wildman–Crippen LogP) is 4.09. The molecule has 1 saturated carbocycles. The second-order valence-corrected chi connectivity index (χ2v) is 7.18. The van der Waals surface area contributed by atoms with E-state index >= 15 is 0 Å². The van der Waals surface area contributed by atoms with Gasteiger partial charge in [-0.05, 0) is 54.7 Å². The molecule has 0 aliphatic heterocycles. The fraction of sp³-hybridized carbons (Fsp3) is 0.300. The highest BCUT2D eigenvalue weighted by Crippen LogP contribution is 2.41. The summed E-state index contributed by atoms with van der Waals surface area (Å²) < 4.78 is 6.58. The number of halogens is 1. The second-order valence-electron chi connectivity index (χ2n) is 6.26. The molecule has 1 aliphatic rings. The largest absolute Gasteiger partial charge is 0.484 e. The maximum Gasteiger partial charge on any atom is 0.258 e. The minimum absolute atomic E-state index is 0.0205. The lowest BCUT2D eigenvalue weighted by Gasteiger charge is -2.43. The second kappa shape index (κ2) is 7.71. The van der Waals surface area contributed by atoms with Crippen LogP contribution in [0.25, 0.3) is 0 Å². The molecule has 5 heteroatoms. The van der Waals surface area contributed by atoms with Crippen molar-refractivity contribution in [3.63, 3.8) is 0 Å². The van der Waals surface area contributed by atoms with Gasteiger partial charge in [0.2, 0.25) is 0 Å². The predicted molar refractivity (Wildman–Crippen MR) is 99.1 cm³/mol. The number of carbonyl (C=O) groups excluding carboxylic acids is 1. The summed E-state index contributed by atoms with van der Waals surface area (Å²) in [5.74, 6) is 0.503. The van der Waals surface area contributed by atoms with E-state index in [1.807, 2.05) is 24.3 Å². The number of carbonyl (C=O) groups is 1. The Labute approximate surface area is 155 Å². The van der Waals surface area contributed by atoms with Crippen molar-refractivity contribution >= 4 is 21.8 Å². The summed E-state index contributed by atoms with van der Waals surface area (Å²) in [7, 11) is 0. The summed E-state index contributed by atoms with van der Waals surface area (Å²) in [5.41, 5.74) is 1.78. The molecular weight excluding hydrogens is 380 g/mol. The van der Waals surface area contributed by atoms with Crippen molar-refractivity contribution < 1.29 is 9.53 Å². The van der Waals surface area contributed by atoms with E-state index in [9.17, 15) is 4.79 Å². The van der Waals surface area contributed by atoms with Crippen LogP contribution in [0.4, 0.5) is 0 Å². The number of rotatable bonds is 6. The summed E-state index contributed by atoms with van der Waals surface area (Å²) in [6.45, 7) is -0.0205. The van der Waals surface area contributed by atoms with Crippen molar-refractivity contribution in [2.75, 3.05) is 6.61 Å². The first-order chi connectivity index (χ1) is 12.1. The highest BCUT2D eigenvalue weighted by atomic mass is 79.9. The monoisotopic (exact) mass is 398 g/mol. The van der Waals surface area contributed by atoms with Crippen LogP contribution in [-0.2, 0) is 16.8 Å². The third kappa shape index (κ3) is 4.21. The van der Waals surface area contributed by atoms with Crippen LogP contribution >= 0.6 is 15.9 Å². The Morgan fingerprint density at radius 1 is 1.24 bits per heavy atom. The van der Waals surface area contributed by atoms with E-state index in [1.54, 1.807) is 12.1 Å². The third-order valence-electron chi connectivity index (χ3n) is 4.54. The zero-order chi connectivity index (χ0) is 17.7. The fourth-order valence-electron chi connectivity index (χ4n) is 3.05. The van der Waals surface area contributed by atoms with Crippen molar-refractivity contribution in [2.45, 2.75) is 31.2 Å². The van der Waals surface area contributed by atoms with Gasteiger partial charge in [-0.3, -0.25) is 4.79 Å². The molecule has 2 aromatic carbocycles. The first kappa shape index (κ1) is 17.5. The number of hydrogen-bond acceptors (Lipinski definition) is 3. The zero-order valence-electron chi connectivity index (χ0n) is 13.8. The van der Waals surface area contributed by atoms with Crippen LogP contribution in [0.1, 0.15) is 30.4 Å². The molecule has 0 atom stereocenters. The molecule has 1 fully saturated rings. The Kier molecular flexibility index (Phi) is 5.40. The number of nitrogens with one attached hydrogen (secondary N) is 1. The van der Waals surface area contributed by atoms with Crippen molar-refractivity contribution in [1.82, 2.24) is 5.32 Å². The lowest BCUT2D eigenvalue weighted by atomic mass is 9.72. The van der Waals surface area contributed by atoms with Crippen molar-refractivity contribution in [1.29, 1.82) is 5.26 Å². The molecule has 0 unspecified atom stereocenters. The highest BCUT2D eigenvalue weighted by Gasteiger charge is 2.40. The quantitative estimate of drug-likeness (QED) is 0.796. The molecule has 1 aliphatic carbocycles. The standard InChI is InChI=1S/C20H19BrN2O2/c21-17-4-1-3-16(13-17)20(10-2-11-20)23-19(24)14-25-18-7-5-15(6-8-18)9-12-22/h1,3-8,13H,2,9-11,14H2,(H,23,24). The molecule has 0 aromatic heterocycles. The number of nitriles is 1. The minimum atomic E-state index is -0.277. The van der Waals surface area contributed by atoms with E-state index in [2.05, 4.69) is 39.4 Å². The number of nitrogens with zero attached hydrogens (tertiary/aromatic N) is 1. The lowest BCUT2D eigenvalue weighted by molar-refractivity contribution is -0.126. The highest BCUT2D eigenvalue weighted by molar-refractivity contribution is 9.10. The number of benzene rings is 2. The van der Waals surface area contributed by atoms with Crippen molar-refractivity contribution in [3.05, 3.63) is 64.1 Å². The van der Waals surface area contributed by atoms with Crippen LogP contribution in [0.2, 0.25) is 0 Å². The van der Waals surface area contributed by atoms with Crippen LogP contribution in [0, 0.1) is 11.3 Å². The average Bonchev–Trinajstić information content (AvgIpc) is 2.58. The number of amides is 1. The molecule has 1 amide bonds. The average molecular weight is 399 g/mol. The Balaban J connectivity index is 1.59. The zero-order valence-corrected chi connectivity index (χ0v) is 15.4. The molecule has 0 heterocycles. The molecule has 2 aromatic rings. The van der Waals surface area contributed by atoms with Crippen LogP contribution in [0.15, 0.2) is 53.0 Å². The van der Waals surface area contributed by atoms with E-state index in [0.717, 1.165) is 34.9 Å². The Bertz CT molecular complexity index is 792. The van der Waals surface area contributed by atoms with Gasteiger partial charge in [-0.25, -0.2) is 0 Å². The molecule has 0 spiro atoms. The maximum atomic E-state index is 12.4. The topological polar surface area (TPSA) is 62.1 Å². The van der Waals surface area contributed by atoms with Gasteiger partial charge in [-0.15, -0.1) is 0 Å². The fourth-order valence-corrected chi connectivity index (χ4v) is 3.45. The maximum absolute atomic E-state index is 12.4. The Morgan fingerprint density at radius 2 is 2.00 bits per heavy atom. The molecular formula is C20H19BrN2O2. The van der Waals surface area contributed by atoms with Gasteiger partial charge < -0.3 is 10.1 Å². The summed E-state index contributed by atoms with van der Waals surface area (Å²) in [4.78, 5) is 12.4. The van der Waals surface area contributed by atoms with Gasteiger partial charge in [0.15, 0.2) is 6.61 Å². The molecule has 1 N–H and O–H groups in total. The SMILES string of the molecule is N#CCc1ccc(OCC(=O)NC2(c3cccc(Br)c3)CCC2)cc1. The van der Waals surface area contributed by atoms with Gasteiger partial charge >= 0.3 is 0 Å². The Hall–Kier alpha value is -2.32. The normalized spacial score (nSPS) is 14.9. The summed E-state index contributed by atoms with van der Waals surface area (Å²) in [6, 6.07) is 17.4. The number of hydrogen-bond donors (Lipinski definition) is 1. The van der Waals surface area contributed by atoms with E-state index < -0.39 is 0 Å². The molecule has 128 valence electrons.